The zero-order valence-corrected chi connectivity index (χ0v) is 12.1. The van der Waals surface area contributed by atoms with Gasteiger partial charge in [-0.05, 0) is 0 Å². The predicted octanol–water partition coefficient (Wildman–Crippen LogP) is 1.07. The molecule has 0 spiro atoms. The average molecular weight is 266 g/mol. The Bertz CT molecular complexity index is 442. The lowest BCUT2D eigenvalue weighted by atomic mass is 9.94. The maximum Gasteiger partial charge on any atom is 0.230 e. The van der Waals surface area contributed by atoms with Crippen molar-refractivity contribution in [2.24, 2.45) is 5.41 Å². The Balaban J connectivity index is 1.84. The van der Waals surface area contributed by atoms with Crippen LogP contribution in [0.15, 0.2) is 4.42 Å². The summed E-state index contributed by atoms with van der Waals surface area (Å²) in [6.45, 7) is 11.6. The third-order valence-corrected chi connectivity index (χ3v) is 3.23. The molecular weight excluding hydrogens is 244 g/mol. The molecule has 106 valence electrons. The number of nitrogens with zero attached hydrogens (tertiary/aromatic N) is 4. The van der Waals surface area contributed by atoms with E-state index in [1.807, 2.05) is 25.7 Å². The summed E-state index contributed by atoms with van der Waals surface area (Å²) in [5, 5.41) is 7.81. The quantitative estimate of drug-likeness (QED) is 0.801. The fraction of sp³-hybridized carbons (Fsp3) is 0.769. The molecule has 0 saturated carbocycles. The summed E-state index contributed by atoms with van der Waals surface area (Å²) in [6, 6.07) is 0. The molecule has 0 aliphatic carbocycles. The SMILES string of the molecule is Cc1nnc(CN2CCN(C(=O)C(C)(C)C)CC2)o1. The van der Waals surface area contributed by atoms with Gasteiger partial charge in [-0.3, -0.25) is 9.69 Å². The number of aryl methyl sites for hydroxylation is 1. The van der Waals surface area contributed by atoms with Crippen LogP contribution in [0, 0.1) is 12.3 Å². The highest BCUT2D eigenvalue weighted by Gasteiger charge is 2.29. The predicted molar refractivity (Wildman–Crippen MR) is 70.3 cm³/mol. The first-order valence-corrected chi connectivity index (χ1v) is 6.67. The highest BCUT2D eigenvalue weighted by molar-refractivity contribution is 5.81. The molecule has 1 fully saturated rings. The smallest absolute Gasteiger partial charge is 0.230 e. The number of rotatable bonds is 2. The topological polar surface area (TPSA) is 62.5 Å². The van der Waals surface area contributed by atoms with E-state index in [0.717, 1.165) is 26.2 Å². The van der Waals surface area contributed by atoms with Crippen molar-refractivity contribution in [3.63, 3.8) is 0 Å². The first kappa shape index (κ1) is 14.0. The molecule has 1 aromatic heterocycles. The van der Waals surface area contributed by atoms with Crippen LogP contribution >= 0.6 is 0 Å². The van der Waals surface area contributed by atoms with Crippen LogP contribution in [0.5, 0.6) is 0 Å². The Labute approximate surface area is 113 Å². The molecule has 0 bridgehead atoms. The molecule has 19 heavy (non-hydrogen) atoms. The molecule has 1 amide bonds. The van der Waals surface area contributed by atoms with Crippen LogP contribution in [-0.2, 0) is 11.3 Å². The summed E-state index contributed by atoms with van der Waals surface area (Å²) >= 11 is 0. The Morgan fingerprint density at radius 2 is 1.84 bits per heavy atom. The van der Waals surface area contributed by atoms with Crippen molar-refractivity contribution in [3.8, 4) is 0 Å². The van der Waals surface area contributed by atoms with E-state index in [2.05, 4.69) is 15.1 Å². The van der Waals surface area contributed by atoms with Gasteiger partial charge in [-0.25, -0.2) is 0 Å². The minimum Gasteiger partial charge on any atom is -0.424 e. The third-order valence-electron chi connectivity index (χ3n) is 3.23. The number of aromatic nitrogens is 2. The van der Waals surface area contributed by atoms with E-state index in [4.69, 9.17) is 4.42 Å². The van der Waals surface area contributed by atoms with Crippen LogP contribution in [-0.4, -0.2) is 52.1 Å². The maximum absolute atomic E-state index is 12.2. The van der Waals surface area contributed by atoms with Crippen molar-refractivity contribution >= 4 is 5.91 Å². The molecule has 2 heterocycles. The normalized spacial score (nSPS) is 17.8. The third kappa shape index (κ3) is 3.53. The Morgan fingerprint density at radius 3 is 2.32 bits per heavy atom. The van der Waals surface area contributed by atoms with E-state index in [9.17, 15) is 4.79 Å². The van der Waals surface area contributed by atoms with E-state index in [-0.39, 0.29) is 11.3 Å². The van der Waals surface area contributed by atoms with Gasteiger partial charge in [-0.2, -0.15) is 0 Å². The van der Waals surface area contributed by atoms with Crippen LogP contribution in [0.1, 0.15) is 32.6 Å². The molecular formula is C13H22N4O2. The number of carbonyl (C=O) groups is 1. The minimum absolute atomic E-state index is 0.223. The summed E-state index contributed by atoms with van der Waals surface area (Å²) in [5.74, 6) is 1.46. The molecule has 0 atom stereocenters. The standard InChI is InChI=1S/C13H22N4O2/c1-10-14-15-11(19-10)9-16-5-7-17(8-6-16)12(18)13(2,3)4/h5-9H2,1-4H3. The monoisotopic (exact) mass is 266 g/mol. The fourth-order valence-corrected chi connectivity index (χ4v) is 2.18. The van der Waals surface area contributed by atoms with Crippen LogP contribution in [0.25, 0.3) is 0 Å². The van der Waals surface area contributed by atoms with E-state index < -0.39 is 0 Å². The van der Waals surface area contributed by atoms with Crippen molar-refractivity contribution in [1.82, 2.24) is 20.0 Å². The second-order valence-corrected chi connectivity index (χ2v) is 6.03. The fourth-order valence-electron chi connectivity index (χ4n) is 2.18. The van der Waals surface area contributed by atoms with Crippen molar-refractivity contribution in [1.29, 1.82) is 0 Å². The van der Waals surface area contributed by atoms with Crippen LogP contribution in [0.2, 0.25) is 0 Å². The molecule has 6 nitrogen and oxygen atoms in total. The molecule has 1 saturated heterocycles. The Kier molecular flexibility index (Phi) is 3.89. The van der Waals surface area contributed by atoms with Gasteiger partial charge in [-0.1, -0.05) is 20.8 Å². The Morgan fingerprint density at radius 1 is 1.21 bits per heavy atom. The number of hydrogen-bond donors (Lipinski definition) is 0. The lowest BCUT2D eigenvalue weighted by Gasteiger charge is -2.37. The molecule has 6 heteroatoms. The molecule has 0 radical (unpaired) electrons. The van der Waals surface area contributed by atoms with Gasteiger partial charge in [0.05, 0.1) is 6.54 Å². The van der Waals surface area contributed by atoms with Crippen molar-refractivity contribution in [2.45, 2.75) is 34.2 Å². The molecule has 1 aromatic rings. The van der Waals surface area contributed by atoms with Gasteiger partial charge >= 0.3 is 0 Å². The van der Waals surface area contributed by atoms with Gasteiger partial charge in [0.1, 0.15) is 0 Å². The van der Waals surface area contributed by atoms with Crippen LogP contribution in [0.3, 0.4) is 0 Å². The average Bonchev–Trinajstić information content (AvgIpc) is 2.74. The summed E-state index contributed by atoms with van der Waals surface area (Å²) in [7, 11) is 0. The van der Waals surface area contributed by atoms with Gasteiger partial charge in [0.15, 0.2) is 0 Å². The summed E-state index contributed by atoms with van der Waals surface area (Å²) in [4.78, 5) is 16.3. The van der Waals surface area contributed by atoms with Gasteiger partial charge < -0.3 is 9.32 Å². The van der Waals surface area contributed by atoms with Crippen molar-refractivity contribution in [2.75, 3.05) is 26.2 Å². The van der Waals surface area contributed by atoms with Crippen molar-refractivity contribution < 1.29 is 9.21 Å². The van der Waals surface area contributed by atoms with E-state index >= 15 is 0 Å². The summed E-state index contributed by atoms with van der Waals surface area (Å²) < 4.78 is 5.37. The number of hydrogen-bond acceptors (Lipinski definition) is 5. The molecule has 1 aliphatic rings. The highest BCUT2D eigenvalue weighted by Crippen LogP contribution is 2.19. The number of amides is 1. The first-order chi connectivity index (χ1) is 8.86. The lowest BCUT2D eigenvalue weighted by molar-refractivity contribution is -0.141. The van der Waals surface area contributed by atoms with Gasteiger partial charge in [-0.15, -0.1) is 10.2 Å². The maximum atomic E-state index is 12.2. The zero-order chi connectivity index (χ0) is 14.0. The minimum atomic E-state index is -0.300. The second-order valence-electron chi connectivity index (χ2n) is 6.03. The van der Waals surface area contributed by atoms with E-state index in [1.165, 1.54) is 0 Å². The number of piperazine rings is 1. The lowest BCUT2D eigenvalue weighted by Crippen LogP contribution is -2.51. The number of carbonyl (C=O) groups excluding carboxylic acids is 1. The molecule has 0 unspecified atom stereocenters. The van der Waals surface area contributed by atoms with E-state index in [0.29, 0.717) is 18.3 Å². The van der Waals surface area contributed by atoms with Gasteiger partial charge in [0, 0.05) is 38.5 Å². The highest BCUT2D eigenvalue weighted by atomic mass is 16.4. The van der Waals surface area contributed by atoms with Gasteiger partial charge in [0.2, 0.25) is 17.7 Å². The van der Waals surface area contributed by atoms with Gasteiger partial charge in [0.25, 0.3) is 0 Å². The Hall–Kier alpha value is -1.43. The van der Waals surface area contributed by atoms with E-state index in [1.54, 1.807) is 6.92 Å². The van der Waals surface area contributed by atoms with Crippen LogP contribution in [0.4, 0.5) is 0 Å². The van der Waals surface area contributed by atoms with Crippen molar-refractivity contribution in [3.05, 3.63) is 11.8 Å². The summed E-state index contributed by atoms with van der Waals surface area (Å²) in [5.41, 5.74) is -0.300. The summed E-state index contributed by atoms with van der Waals surface area (Å²) in [6.07, 6.45) is 0. The zero-order valence-electron chi connectivity index (χ0n) is 12.1. The second kappa shape index (κ2) is 5.28. The van der Waals surface area contributed by atoms with Crippen LogP contribution < -0.4 is 0 Å². The first-order valence-electron chi connectivity index (χ1n) is 6.67. The molecule has 0 N–H and O–H groups in total. The molecule has 0 aromatic carbocycles. The molecule has 2 rings (SSSR count). The molecule has 1 aliphatic heterocycles. The largest absolute Gasteiger partial charge is 0.424 e.